The van der Waals surface area contributed by atoms with Crippen LogP contribution in [-0.4, -0.2) is 35.9 Å². The average molecular weight is 437 g/mol. The molecule has 0 fully saturated rings. The fourth-order valence-corrected chi connectivity index (χ4v) is 4.14. The van der Waals surface area contributed by atoms with Crippen molar-refractivity contribution < 1.29 is 19.4 Å². The van der Waals surface area contributed by atoms with Gasteiger partial charge in [-0.25, -0.2) is 9.59 Å². The number of carbonyl (C=O) groups is 2. The van der Waals surface area contributed by atoms with Gasteiger partial charge in [0.25, 0.3) is 0 Å². The van der Waals surface area contributed by atoms with Gasteiger partial charge in [-0.1, -0.05) is 72.9 Å². The van der Waals surface area contributed by atoms with Crippen molar-refractivity contribution in [3.8, 4) is 11.1 Å². The number of carbonyl (C=O) groups excluding carboxylic acids is 1. The number of hydrogen-bond donors (Lipinski definition) is 2. The number of benzene rings is 2. The molecule has 0 saturated heterocycles. The van der Waals surface area contributed by atoms with Gasteiger partial charge >= 0.3 is 12.1 Å². The summed E-state index contributed by atoms with van der Waals surface area (Å²) in [5, 5.41) is 15.7. The first-order chi connectivity index (χ1) is 15.5. The highest BCUT2D eigenvalue weighted by molar-refractivity contribution is 5.84. The number of unbranched alkanes of at least 4 members (excludes halogenated alkanes) is 3. The summed E-state index contributed by atoms with van der Waals surface area (Å²) in [6.45, 7) is 2.07. The summed E-state index contributed by atoms with van der Waals surface area (Å²) in [6.07, 6.45) is 2.56. The van der Waals surface area contributed by atoms with E-state index in [0.29, 0.717) is 13.0 Å². The lowest BCUT2D eigenvalue weighted by atomic mass is 9.94. The minimum absolute atomic E-state index is 0.0831. The molecule has 2 aromatic carbocycles. The second-order valence-electron chi connectivity index (χ2n) is 8.21. The fraction of sp³-hybridized carbons (Fsp3) is 0.417. The zero-order valence-electron chi connectivity index (χ0n) is 18.2. The molecule has 3 rings (SSSR count). The standard InChI is InChI=1S/C24H28N4O4/c1-24(22(29)30,14-8-2-3-9-15-26-28-25)27-23(31)32-16-21-19-12-6-4-10-17(19)18-11-5-7-13-20(18)21/h4-7,10-13,21H,2-3,8-9,14-16H2,1H3,(H,27,31)(H,29,30). The van der Waals surface area contributed by atoms with Crippen molar-refractivity contribution in [3.05, 3.63) is 70.1 Å². The highest BCUT2D eigenvalue weighted by atomic mass is 16.5. The first-order valence-corrected chi connectivity index (χ1v) is 10.8. The van der Waals surface area contributed by atoms with Gasteiger partial charge in [-0.05, 0) is 47.6 Å². The molecule has 0 bridgehead atoms. The molecule has 0 spiro atoms. The van der Waals surface area contributed by atoms with Crippen LogP contribution in [-0.2, 0) is 9.53 Å². The number of rotatable bonds is 11. The average Bonchev–Trinajstić information content (AvgIpc) is 3.11. The number of amides is 1. The molecule has 1 amide bonds. The molecule has 2 aromatic rings. The first-order valence-electron chi connectivity index (χ1n) is 10.8. The van der Waals surface area contributed by atoms with Crippen LogP contribution < -0.4 is 5.32 Å². The number of ether oxygens (including phenoxy) is 1. The number of azide groups is 1. The maximum Gasteiger partial charge on any atom is 0.408 e. The van der Waals surface area contributed by atoms with Gasteiger partial charge in [0.15, 0.2) is 0 Å². The third kappa shape index (κ3) is 5.39. The van der Waals surface area contributed by atoms with Gasteiger partial charge in [-0.2, -0.15) is 0 Å². The van der Waals surface area contributed by atoms with Crippen molar-refractivity contribution in [2.75, 3.05) is 13.2 Å². The summed E-state index contributed by atoms with van der Waals surface area (Å²) >= 11 is 0. The quantitative estimate of drug-likeness (QED) is 0.205. The lowest BCUT2D eigenvalue weighted by Crippen LogP contribution is -2.52. The molecule has 0 saturated carbocycles. The zero-order valence-corrected chi connectivity index (χ0v) is 18.2. The fourth-order valence-electron chi connectivity index (χ4n) is 4.14. The van der Waals surface area contributed by atoms with Crippen molar-refractivity contribution in [3.63, 3.8) is 0 Å². The van der Waals surface area contributed by atoms with Crippen LogP contribution in [0.2, 0.25) is 0 Å². The molecular weight excluding hydrogens is 408 g/mol. The third-order valence-corrected chi connectivity index (χ3v) is 5.94. The monoisotopic (exact) mass is 436 g/mol. The minimum atomic E-state index is -1.41. The van der Waals surface area contributed by atoms with Gasteiger partial charge in [0, 0.05) is 17.4 Å². The smallest absolute Gasteiger partial charge is 0.408 e. The summed E-state index contributed by atoms with van der Waals surface area (Å²) in [5.41, 5.74) is 11.3. The topological polar surface area (TPSA) is 124 Å². The van der Waals surface area contributed by atoms with Gasteiger partial charge in [-0.3, -0.25) is 0 Å². The number of nitrogens with zero attached hydrogens (tertiary/aromatic N) is 3. The Bertz CT molecular complexity index is 973. The maximum absolute atomic E-state index is 12.5. The van der Waals surface area contributed by atoms with Gasteiger partial charge in [-0.15, -0.1) is 0 Å². The SMILES string of the molecule is CC(CCCCCCN=[N+]=[N-])(NC(=O)OCC1c2ccccc2-c2ccccc21)C(=O)O. The van der Waals surface area contributed by atoms with E-state index < -0.39 is 17.6 Å². The van der Waals surface area contributed by atoms with Crippen molar-refractivity contribution in [1.29, 1.82) is 0 Å². The molecule has 0 aromatic heterocycles. The number of hydrogen-bond acceptors (Lipinski definition) is 4. The van der Waals surface area contributed by atoms with Gasteiger partial charge in [0.1, 0.15) is 12.1 Å². The summed E-state index contributed by atoms with van der Waals surface area (Å²) < 4.78 is 5.50. The summed E-state index contributed by atoms with van der Waals surface area (Å²) in [5.74, 6) is -1.18. The van der Waals surface area contributed by atoms with Gasteiger partial charge < -0.3 is 15.2 Å². The number of fused-ring (bicyclic) bond motifs is 3. The second kappa shape index (κ2) is 10.7. The summed E-state index contributed by atoms with van der Waals surface area (Å²) in [6, 6.07) is 16.1. The molecule has 8 nitrogen and oxygen atoms in total. The number of carboxylic acids is 1. The Morgan fingerprint density at radius 2 is 1.66 bits per heavy atom. The van der Waals surface area contributed by atoms with E-state index in [1.54, 1.807) is 0 Å². The number of alkyl carbamates (subject to hydrolysis) is 1. The Hall–Kier alpha value is -3.51. The molecule has 1 aliphatic carbocycles. The van der Waals surface area contributed by atoms with Crippen molar-refractivity contribution >= 4 is 12.1 Å². The lowest BCUT2D eigenvalue weighted by molar-refractivity contribution is -0.144. The predicted octanol–water partition coefficient (Wildman–Crippen LogP) is 5.63. The van der Waals surface area contributed by atoms with E-state index in [1.807, 2.05) is 36.4 Å². The van der Waals surface area contributed by atoms with E-state index in [-0.39, 0.29) is 18.9 Å². The van der Waals surface area contributed by atoms with E-state index in [4.69, 9.17) is 10.3 Å². The molecule has 1 unspecified atom stereocenters. The molecule has 8 heteroatoms. The minimum Gasteiger partial charge on any atom is -0.480 e. The number of aliphatic carboxylic acids is 1. The molecule has 0 aliphatic heterocycles. The Labute approximate surface area is 187 Å². The van der Waals surface area contributed by atoms with E-state index in [0.717, 1.165) is 41.5 Å². The largest absolute Gasteiger partial charge is 0.480 e. The zero-order chi connectivity index (χ0) is 23.0. The molecular formula is C24H28N4O4. The molecule has 1 aliphatic rings. The van der Waals surface area contributed by atoms with Crippen LogP contribution in [0.5, 0.6) is 0 Å². The molecule has 32 heavy (non-hydrogen) atoms. The highest BCUT2D eigenvalue weighted by Gasteiger charge is 2.35. The predicted molar refractivity (Wildman–Crippen MR) is 121 cm³/mol. The Morgan fingerprint density at radius 1 is 1.06 bits per heavy atom. The molecule has 2 N–H and O–H groups in total. The van der Waals surface area contributed by atoms with E-state index >= 15 is 0 Å². The van der Waals surface area contributed by atoms with Crippen LogP contribution in [0.4, 0.5) is 4.79 Å². The number of carboxylic acid groups (broad SMARTS) is 1. The Balaban J connectivity index is 1.56. The van der Waals surface area contributed by atoms with E-state index in [9.17, 15) is 14.7 Å². The van der Waals surface area contributed by atoms with Crippen LogP contribution in [0.1, 0.15) is 56.1 Å². The van der Waals surface area contributed by atoms with Crippen molar-refractivity contribution in [2.24, 2.45) is 5.11 Å². The second-order valence-corrected chi connectivity index (χ2v) is 8.21. The van der Waals surface area contributed by atoms with Gasteiger partial charge in [0.05, 0.1) is 0 Å². The van der Waals surface area contributed by atoms with E-state index in [1.165, 1.54) is 6.92 Å². The molecule has 0 heterocycles. The first kappa shape index (κ1) is 23.2. The Kier molecular flexibility index (Phi) is 7.73. The Morgan fingerprint density at radius 3 is 2.25 bits per heavy atom. The van der Waals surface area contributed by atoms with Crippen LogP contribution >= 0.6 is 0 Å². The molecule has 168 valence electrons. The van der Waals surface area contributed by atoms with Crippen LogP contribution in [0.25, 0.3) is 21.6 Å². The lowest BCUT2D eigenvalue weighted by Gasteiger charge is -2.26. The third-order valence-electron chi connectivity index (χ3n) is 5.94. The number of nitrogens with one attached hydrogen (secondary N) is 1. The maximum atomic E-state index is 12.5. The van der Waals surface area contributed by atoms with Crippen molar-refractivity contribution in [2.45, 2.75) is 50.5 Å². The van der Waals surface area contributed by atoms with Crippen LogP contribution in [0.15, 0.2) is 53.6 Å². The normalized spacial score (nSPS) is 13.9. The van der Waals surface area contributed by atoms with Crippen LogP contribution in [0.3, 0.4) is 0 Å². The summed E-state index contributed by atoms with van der Waals surface area (Å²) in [4.78, 5) is 27.0. The molecule has 1 atom stereocenters. The van der Waals surface area contributed by atoms with Crippen molar-refractivity contribution in [1.82, 2.24) is 5.32 Å². The summed E-state index contributed by atoms with van der Waals surface area (Å²) in [7, 11) is 0. The molecule has 0 radical (unpaired) electrons. The van der Waals surface area contributed by atoms with Gasteiger partial charge in [0.2, 0.25) is 0 Å². The van der Waals surface area contributed by atoms with E-state index in [2.05, 4.69) is 27.5 Å². The van der Waals surface area contributed by atoms with Crippen LogP contribution in [0, 0.1) is 0 Å². The highest BCUT2D eigenvalue weighted by Crippen LogP contribution is 2.44.